The van der Waals surface area contributed by atoms with Crippen LogP contribution >= 0.6 is 0 Å². The molecule has 0 saturated heterocycles. The van der Waals surface area contributed by atoms with Crippen molar-refractivity contribution in [2.45, 2.75) is 225 Å². The molecule has 0 saturated carbocycles. The van der Waals surface area contributed by atoms with Crippen LogP contribution in [0.1, 0.15) is 207 Å². The first-order valence-corrected chi connectivity index (χ1v) is 25.3. The van der Waals surface area contributed by atoms with Gasteiger partial charge >= 0.3 is 244 Å². The van der Waals surface area contributed by atoms with Crippen molar-refractivity contribution >= 4 is 18.8 Å². The predicted molar refractivity (Wildman–Crippen MR) is 177 cm³/mol. The van der Waals surface area contributed by atoms with Gasteiger partial charge in [0.1, 0.15) is 0 Å². The fourth-order valence-corrected chi connectivity index (χ4v) is 20.3. The Hall–Kier alpha value is 0.818. The van der Waals surface area contributed by atoms with Gasteiger partial charge in [-0.1, -0.05) is 0 Å². The number of hydrogen-bond acceptors (Lipinski definition) is 0. The maximum atomic E-state index is 2.35. The summed E-state index contributed by atoms with van der Waals surface area (Å²) in [6, 6.07) is 0. The molecule has 0 N–H and O–H groups in total. The zero-order valence-electron chi connectivity index (χ0n) is 27.1. The van der Waals surface area contributed by atoms with Crippen molar-refractivity contribution in [1.82, 2.24) is 0 Å². The second kappa shape index (κ2) is 31.3. The van der Waals surface area contributed by atoms with E-state index in [1.165, 1.54) is 128 Å². The molecule has 0 unspecified atom stereocenters. The van der Waals surface area contributed by atoms with E-state index in [-0.39, 0.29) is 0 Å². The Kier molecular flexibility index (Phi) is 32.0. The van der Waals surface area contributed by atoms with Crippen LogP contribution in [0.5, 0.6) is 0 Å². The van der Waals surface area contributed by atoms with E-state index in [9.17, 15) is 0 Å². The summed E-state index contributed by atoms with van der Waals surface area (Å²) in [5, 5.41) is 0. The van der Waals surface area contributed by atoms with Crippen LogP contribution in [0.15, 0.2) is 0 Å². The average Bonchev–Trinajstić information content (AvgIpc) is 2.91. The number of rotatable bonds is 32. The number of hydrogen-bond donors (Lipinski definition) is 0. The van der Waals surface area contributed by atoms with Gasteiger partial charge in [0.2, 0.25) is 0 Å². The van der Waals surface area contributed by atoms with Gasteiger partial charge in [0, 0.05) is 0 Å². The molecule has 0 nitrogen and oxygen atoms in total. The standard InChI is InChI=1S/4C9H19.Sb/c4*1-3-5-7-9-8-6-4-2;/h4*1,3-9H2,2H3;/q;;;;+1. The van der Waals surface area contributed by atoms with Gasteiger partial charge in [0.15, 0.2) is 0 Å². The Morgan fingerprint density at radius 2 is 0.378 bits per heavy atom. The van der Waals surface area contributed by atoms with Crippen LogP contribution in [0.4, 0.5) is 0 Å². The van der Waals surface area contributed by atoms with E-state index < -0.39 is 18.8 Å². The summed E-state index contributed by atoms with van der Waals surface area (Å²) in [4.78, 5) is 0. The third-order valence-electron chi connectivity index (χ3n) is 8.94. The van der Waals surface area contributed by atoms with Gasteiger partial charge in [-0.3, -0.25) is 0 Å². The van der Waals surface area contributed by atoms with Gasteiger partial charge < -0.3 is 0 Å². The summed E-state index contributed by atoms with van der Waals surface area (Å²) in [5.41, 5.74) is 0. The number of unbranched alkanes of at least 4 members (excludes halogenated alkanes) is 24. The Morgan fingerprint density at radius 1 is 0.216 bits per heavy atom. The van der Waals surface area contributed by atoms with E-state index >= 15 is 0 Å². The summed E-state index contributed by atoms with van der Waals surface area (Å²) < 4.78 is 6.98. The summed E-state index contributed by atoms with van der Waals surface area (Å²) in [7, 11) is 0. The molecule has 224 valence electrons. The third-order valence-corrected chi connectivity index (χ3v) is 23.4. The van der Waals surface area contributed by atoms with Crippen molar-refractivity contribution in [2.24, 2.45) is 0 Å². The molecular weight excluding hydrogens is 554 g/mol. The van der Waals surface area contributed by atoms with Gasteiger partial charge in [-0.15, -0.1) is 0 Å². The van der Waals surface area contributed by atoms with Crippen LogP contribution in [-0.4, -0.2) is 18.8 Å². The molecule has 0 aromatic heterocycles. The SMILES string of the molecule is CCCCCCCC[CH2][Sb+]([CH2]CCCCCCCC)([CH2]CCCCCCCC)[CH2]CCCCCCCC. The Balaban J connectivity index is 4.78. The second-order valence-corrected chi connectivity index (χ2v) is 25.5. The van der Waals surface area contributed by atoms with Crippen LogP contribution in [0.2, 0.25) is 17.5 Å². The molecule has 0 heterocycles. The fourth-order valence-electron chi connectivity index (χ4n) is 6.29. The molecule has 0 aromatic carbocycles. The van der Waals surface area contributed by atoms with E-state index in [0.29, 0.717) is 0 Å². The van der Waals surface area contributed by atoms with Gasteiger partial charge in [-0.25, -0.2) is 0 Å². The molecule has 0 rings (SSSR count). The molecule has 0 aliphatic rings. The van der Waals surface area contributed by atoms with Gasteiger partial charge in [0.05, 0.1) is 0 Å². The van der Waals surface area contributed by atoms with Crippen LogP contribution in [0.25, 0.3) is 0 Å². The maximum absolute atomic E-state index is 2.35. The van der Waals surface area contributed by atoms with E-state index in [0.717, 1.165) is 0 Å². The molecule has 0 fully saturated rings. The Labute approximate surface area is 242 Å². The quantitative estimate of drug-likeness (QED) is 0.0512. The molecule has 0 atom stereocenters. The van der Waals surface area contributed by atoms with Crippen LogP contribution < -0.4 is 0 Å². The minimum absolute atomic E-state index is 1.38. The van der Waals surface area contributed by atoms with Crippen LogP contribution in [0, 0.1) is 0 Å². The Morgan fingerprint density at radius 3 is 0.568 bits per heavy atom. The van der Waals surface area contributed by atoms with Gasteiger partial charge in [-0.05, 0) is 0 Å². The van der Waals surface area contributed by atoms with Crippen molar-refractivity contribution in [1.29, 1.82) is 0 Å². The molecule has 37 heavy (non-hydrogen) atoms. The zero-order valence-corrected chi connectivity index (χ0v) is 29.6. The first-order chi connectivity index (χ1) is 18.2. The summed E-state index contributed by atoms with van der Waals surface area (Å²) >= 11 is -1.88. The van der Waals surface area contributed by atoms with Gasteiger partial charge in [0.25, 0.3) is 0 Å². The first kappa shape index (κ1) is 37.8. The monoisotopic (exact) mass is 629 g/mol. The van der Waals surface area contributed by atoms with E-state index in [4.69, 9.17) is 0 Å². The molecule has 0 radical (unpaired) electrons. The third kappa shape index (κ3) is 26.8. The van der Waals surface area contributed by atoms with Crippen molar-refractivity contribution in [2.75, 3.05) is 0 Å². The van der Waals surface area contributed by atoms with Crippen LogP contribution in [0.3, 0.4) is 0 Å². The minimum atomic E-state index is -1.88. The second-order valence-electron chi connectivity index (χ2n) is 12.7. The molecule has 0 aliphatic heterocycles. The van der Waals surface area contributed by atoms with Crippen molar-refractivity contribution in [3.05, 3.63) is 0 Å². The first-order valence-electron chi connectivity index (χ1n) is 18.1. The molecule has 0 aliphatic carbocycles. The van der Waals surface area contributed by atoms with Crippen molar-refractivity contribution < 1.29 is 0 Å². The van der Waals surface area contributed by atoms with E-state index in [1.54, 1.807) is 68.8 Å². The van der Waals surface area contributed by atoms with Gasteiger partial charge in [-0.2, -0.15) is 0 Å². The van der Waals surface area contributed by atoms with Crippen molar-refractivity contribution in [3.8, 4) is 0 Å². The van der Waals surface area contributed by atoms with Crippen molar-refractivity contribution in [3.63, 3.8) is 0 Å². The summed E-state index contributed by atoms with van der Waals surface area (Å²) in [6.07, 6.45) is 42.0. The van der Waals surface area contributed by atoms with Crippen LogP contribution in [-0.2, 0) is 0 Å². The van der Waals surface area contributed by atoms with E-state index in [2.05, 4.69) is 27.7 Å². The zero-order chi connectivity index (χ0) is 27.1. The molecule has 0 amide bonds. The molecule has 0 bridgehead atoms. The van der Waals surface area contributed by atoms with E-state index in [1.807, 2.05) is 0 Å². The summed E-state index contributed by atoms with van der Waals surface area (Å²) in [5.74, 6) is 0. The molecule has 0 spiro atoms. The summed E-state index contributed by atoms with van der Waals surface area (Å²) in [6.45, 7) is 9.39. The molecule has 0 aromatic rings. The normalized spacial score (nSPS) is 12.0. The fraction of sp³-hybridized carbons (Fsp3) is 1.00. The topological polar surface area (TPSA) is 0 Å². The molecule has 1 heteroatoms. The average molecular weight is 631 g/mol. The molecular formula is C36H76Sb+. The Bertz CT molecular complexity index is 326. The predicted octanol–water partition coefficient (Wildman–Crippen LogP) is 14.4.